The van der Waals surface area contributed by atoms with E-state index >= 15 is 0 Å². The zero-order valence-electron chi connectivity index (χ0n) is 9.66. The van der Waals surface area contributed by atoms with Crippen LogP contribution < -0.4 is 4.43 Å². The first-order chi connectivity index (χ1) is 7.17. The number of aromatic nitrogens is 1. The van der Waals surface area contributed by atoms with Crippen molar-refractivity contribution in [2.75, 3.05) is 0 Å². The van der Waals surface area contributed by atoms with Crippen molar-refractivity contribution >= 4 is 8.32 Å². The lowest BCUT2D eigenvalue weighted by atomic mass is 10.4. The van der Waals surface area contributed by atoms with Crippen molar-refractivity contribution in [2.24, 2.45) is 0 Å². The number of hydrogen-bond acceptors (Lipinski definition) is 3. The Bertz CT molecular complexity index is 305. The molecule has 0 amide bonds. The molecule has 84 valence electrons. The Morgan fingerprint density at radius 2 is 1.87 bits per heavy atom. The molecule has 1 heterocycles. The average Bonchev–Trinajstić information content (AvgIpc) is 2.29. The average molecular weight is 225 g/mol. The van der Waals surface area contributed by atoms with Crippen LogP contribution in [0.25, 0.3) is 0 Å². The van der Waals surface area contributed by atoms with Gasteiger partial charge in [-0.3, -0.25) is 0 Å². The van der Waals surface area contributed by atoms with Crippen molar-refractivity contribution in [3.05, 3.63) is 18.3 Å². The minimum Gasteiger partial charge on any atom is -0.528 e. The maximum atomic E-state index is 9.60. The van der Waals surface area contributed by atoms with Gasteiger partial charge in [-0.05, 0) is 30.3 Å². The van der Waals surface area contributed by atoms with Crippen molar-refractivity contribution in [2.45, 2.75) is 38.9 Å². The molecule has 0 atom stereocenters. The largest absolute Gasteiger partial charge is 0.528 e. The fraction of sp³-hybridized carbons (Fsp3) is 0.545. The zero-order chi connectivity index (χ0) is 11.3. The predicted octanol–water partition coefficient (Wildman–Crippen LogP) is 3.17. The molecule has 0 saturated heterocycles. The summed E-state index contributed by atoms with van der Waals surface area (Å²) in [5.41, 5.74) is 0. The summed E-state index contributed by atoms with van der Waals surface area (Å²) in [6, 6.07) is 6.47. The fourth-order valence-corrected chi connectivity index (χ4v) is 4.13. The van der Waals surface area contributed by atoms with E-state index in [4.69, 9.17) is 4.43 Å². The van der Waals surface area contributed by atoms with Crippen molar-refractivity contribution in [1.82, 2.24) is 4.98 Å². The highest BCUT2D eigenvalue weighted by Crippen LogP contribution is 2.29. The molecule has 0 saturated carbocycles. The number of hydrogen-bond donors (Lipinski definition) is 1. The van der Waals surface area contributed by atoms with Crippen LogP contribution >= 0.6 is 0 Å². The van der Waals surface area contributed by atoms with E-state index in [0.717, 1.165) is 18.1 Å². The molecule has 0 aliphatic heterocycles. The quantitative estimate of drug-likeness (QED) is 0.783. The molecular formula is C11H19NO2Si. The minimum absolute atomic E-state index is 0.143. The molecule has 0 bridgehead atoms. The van der Waals surface area contributed by atoms with E-state index in [-0.39, 0.29) is 5.75 Å². The predicted molar refractivity (Wildman–Crippen MR) is 63.7 cm³/mol. The van der Waals surface area contributed by atoms with Crippen LogP contribution in [0.1, 0.15) is 20.8 Å². The Morgan fingerprint density at radius 1 is 1.27 bits per heavy atom. The molecule has 15 heavy (non-hydrogen) atoms. The normalized spacial score (nSPS) is 11.4. The zero-order valence-corrected chi connectivity index (χ0v) is 10.7. The second-order valence-corrected chi connectivity index (χ2v) is 8.36. The lowest BCUT2D eigenvalue weighted by Crippen LogP contribution is -2.39. The minimum atomic E-state index is -1.71. The van der Waals surface area contributed by atoms with E-state index in [1.54, 1.807) is 18.3 Å². The molecular weight excluding hydrogens is 206 g/mol. The second kappa shape index (κ2) is 5.16. The summed E-state index contributed by atoms with van der Waals surface area (Å²) in [4.78, 5) is 4.07. The maximum absolute atomic E-state index is 9.60. The number of pyridine rings is 1. The fourth-order valence-electron chi connectivity index (χ4n) is 1.63. The van der Waals surface area contributed by atoms with Gasteiger partial charge in [-0.1, -0.05) is 20.8 Å². The Morgan fingerprint density at radius 3 is 2.33 bits per heavy atom. The smallest absolute Gasteiger partial charge is 0.252 e. The van der Waals surface area contributed by atoms with E-state index in [1.165, 1.54) is 0 Å². The van der Waals surface area contributed by atoms with Gasteiger partial charge in [-0.15, -0.1) is 0 Å². The number of rotatable bonds is 5. The lowest BCUT2D eigenvalue weighted by Gasteiger charge is -2.28. The molecule has 1 aromatic rings. The first-order valence-electron chi connectivity index (χ1n) is 5.50. The van der Waals surface area contributed by atoms with Crippen molar-refractivity contribution in [1.29, 1.82) is 0 Å². The third-order valence-corrected chi connectivity index (χ3v) is 7.49. The molecule has 1 rings (SSSR count). The Kier molecular flexibility index (Phi) is 4.14. The number of aromatic hydroxyl groups is 1. The molecule has 0 unspecified atom stereocenters. The highest BCUT2D eigenvalue weighted by molar-refractivity contribution is 6.74. The van der Waals surface area contributed by atoms with Crippen LogP contribution in [0.15, 0.2) is 18.3 Å². The van der Waals surface area contributed by atoms with Gasteiger partial charge in [0.2, 0.25) is 5.88 Å². The molecule has 0 fully saturated rings. The van der Waals surface area contributed by atoms with Gasteiger partial charge in [0.15, 0.2) is 5.75 Å². The van der Waals surface area contributed by atoms with Gasteiger partial charge in [0.1, 0.15) is 0 Å². The standard InChI is InChI=1S/C11H19NO2Si/c1-4-15(5-2,6-3)14-11-10(13)8-7-9-12-11/h7-9,13H,4-6H2,1-3H3. The van der Waals surface area contributed by atoms with Crippen molar-refractivity contribution in [3.63, 3.8) is 0 Å². The Balaban J connectivity index is 2.88. The summed E-state index contributed by atoms with van der Waals surface area (Å²) >= 11 is 0. The van der Waals surface area contributed by atoms with Gasteiger partial charge in [-0.2, -0.15) is 0 Å². The van der Waals surface area contributed by atoms with Crippen LogP contribution in [-0.2, 0) is 0 Å². The van der Waals surface area contributed by atoms with Gasteiger partial charge in [-0.25, -0.2) is 4.98 Å². The van der Waals surface area contributed by atoms with Crippen molar-refractivity contribution in [3.8, 4) is 11.6 Å². The highest BCUT2D eigenvalue weighted by Gasteiger charge is 2.31. The van der Waals surface area contributed by atoms with Gasteiger partial charge >= 0.3 is 0 Å². The molecule has 0 aromatic carbocycles. The van der Waals surface area contributed by atoms with Gasteiger partial charge in [0.25, 0.3) is 8.32 Å². The molecule has 0 aliphatic rings. The summed E-state index contributed by atoms with van der Waals surface area (Å²) in [5, 5.41) is 9.60. The third kappa shape index (κ3) is 2.72. The van der Waals surface area contributed by atoms with Crippen LogP contribution in [-0.4, -0.2) is 18.4 Å². The first-order valence-corrected chi connectivity index (χ1v) is 8.03. The lowest BCUT2D eigenvalue weighted by molar-refractivity contribution is 0.419. The van der Waals surface area contributed by atoms with Crippen molar-refractivity contribution < 1.29 is 9.53 Å². The summed E-state index contributed by atoms with van der Waals surface area (Å²) < 4.78 is 5.96. The highest BCUT2D eigenvalue weighted by atomic mass is 28.4. The second-order valence-electron chi connectivity index (χ2n) is 3.67. The summed E-state index contributed by atoms with van der Waals surface area (Å²) in [6.45, 7) is 6.46. The SMILES string of the molecule is CC[Si](CC)(CC)Oc1ncccc1O. The van der Waals surface area contributed by atoms with E-state index in [2.05, 4.69) is 25.8 Å². The van der Waals surface area contributed by atoms with Gasteiger partial charge in [0, 0.05) is 6.20 Å². The van der Waals surface area contributed by atoms with Crippen LogP contribution in [0.5, 0.6) is 11.6 Å². The van der Waals surface area contributed by atoms with E-state index < -0.39 is 8.32 Å². The summed E-state index contributed by atoms with van der Waals surface area (Å²) in [6.07, 6.45) is 1.65. The van der Waals surface area contributed by atoms with Crippen LogP contribution in [0.4, 0.5) is 0 Å². The molecule has 4 heteroatoms. The van der Waals surface area contributed by atoms with Crippen LogP contribution in [0, 0.1) is 0 Å². The van der Waals surface area contributed by atoms with Gasteiger partial charge in [0.05, 0.1) is 0 Å². The molecule has 0 spiro atoms. The summed E-state index contributed by atoms with van der Waals surface area (Å²) in [5.74, 6) is 0.541. The summed E-state index contributed by atoms with van der Waals surface area (Å²) in [7, 11) is -1.71. The van der Waals surface area contributed by atoms with E-state index in [0.29, 0.717) is 5.88 Å². The Labute approximate surface area is 92.3 Å². The molecule has 1 N–H and O–H groups in total. The van der Waals surface area contributed by atoms with Crippen LogP contribution in [0.3, 0.4) is 0 Å². The molecule has 0 radical (unpaired) electrons. The van der Waals surface area contributed by atoms with Crippen LogP contribution in [0.2, 0.25) is 18.1 Å². The Hall–Kier alpha value is -1.03. The topological polar surface area (TPSA) is 42.4 Å². The molecule has 0 aliphatic carbocycles. The molecule has 3 nitrogen and oxygen atoms in total. The first kappa shape index (κ1) is 12.0. The maximum Gasteiger partial charge on any atom is 0.252 e. The monoisotopic (exact) mass is 225 g/mol. The van der Waals surface area contributed by atoms with Gasteiger partial charge < -0.3 is 9.53 Å². The number of nitrogens with zero attached hydrogens (tertiary/aromatic N) is 1. The molecule has 1 aromatic heterocycles. The van der Waals surface area contributed by atoms with E-state index in [1.807, 2.05) is 0 Å². The van der Waals surface area contributed by atoms with E-state index in [9.17, 15) is 5.11 Å². The third-order valence-electron chi connectivity index (χ3n) is 3.00.